The van der Waals surface area contributed by atoms with Gasteiger partial charge in [-0.05, 0) is 36.8 Å². The lowest BCUT2D eigenvalue weighted by Gasteiger charge is -2.31. The molecule has 0 aliphatic carbocycles. The average molecular weight is 451 g/mol. The van der Waals surface area contributed by atoms with Gasteiger partial charge in [-0.1, -0.05) is 12.7 Å². The summed E-state index contributed by atoms with van der Waals surface area (Å²) in [6.07, 6.45) is -1.90. The maximum absolute atomic E-state index is 12.4. The molecule has 0 spiro atoms. The van der Waals surface area contributed by atoms with Gasteiger partial charge in [0, 0.05) is 19.1 Å². The average Bonchev–Trinajstić information content (AvgIpc) is 3.30. The number of alkyl halides is 3. The molecule has 1 amide bonds. The molecule has 11 heteroatoms. The molecule has 0 bridgehead atoms. The van der Waals surface area contributed by atoms with E-state index >= 15 is 0 Å². The van der Waals surface area contributed by atoms with E-state index in [0.29, 0.717) is 30.9 Å². The Hall–Kier alpha value is -3.18. The number of likely N-dealkylation sites (tertiary alicyclic amines) is 1. The fraction of sp³-hybridized carbons (Fsp3) is 0.381. The highest BCUT2D eigenvalue weighted by Gasteiger charge is 2.42. The number of aliphatic hydroxyl groups excluding tert-OH is 1. The van der Waals surface area contributed by atoms with Crippen LogP contribution in [0.5, 0.6) is 5.75 Å². The van der Waals surface area contributed by atoms with Crippen molar-refractivity contribution in [2.75, 3.05) is 24.6 Å². The predicted molar refractivity (Wildman–Crippen MR) is 114 cm³/mol. The molecule has 2 aliphatic rings. The van der Waals surface area contributed by atoms with Crippen LogP contribution in [0.3, 0.4) is 0 Å². The first-order valence-corrected chi connectivity index (χ1v) is 9.89. The highest BCUT2D eigenvalue weighted by atomic mass is 19.4. The fourth-order valence-corrected chi connectivity index (χ4v) is 3.81. The Morgan fingerprint density at radius 2 is 2.06 bits per heavy atom. The van der Waals surface area contributed by atoms with Gasteiger partial charge in [0.25, 0.3) is 0 Å². The minimum absolute atomic E-state index is 0.0460. The summed E-state index contributed by atoms with van der Waals surface area (Å²) < 4.78 is 41.2. The van der Waals surface area contributed by atoms with Gasteiger partial charge in [-0.2, -0.15) is 5.10 Å². The monoisotopic (exact) mass is 451 g/mol. The van der Waals surface area contributed by atoms with Crippen LogP contribution < -0.4 is 15.1 Å². The first-order valence-electron chi connectivity index (χ1n) is 9.89. The van der Waals surface area contributed by atoms with Crippen molar-refractivity contribution in [2.45, 2.75) is 24.9 Å². The summed E-state index contributed by atoms with van der Waals surface area (Å²) in [4.78, 5) is 13.7. The normalized spacial score (nSPS) is 22.4. The third-order valence-electron chi connectivity index (χ3n) is 5.25. The minimum atomic E-state index is -4.81. The third kappa shape index (κ3) is 5.35. The molecule has 3 atom stereocenters. The zero-order chi connectivity index (χ0) is 23.5. The second-order valence-electron chi connectivity index (χ2n) is 7.39. The van der Waals surface area contributed by atoms with Crippen molar-refractivity contribution >= 4 is 23.1 Å². The lowest BCUT2D eigenvalue weighted by atomic mass is 9.92. The zero-order valence-corrected chi connectivity index (χ0v) is 17.2. The van der Waals surface area contributed by atoms with Gasteiger partial charge >= 0.3 is 6.36 Å². The zero-order valence-electron chi connectivity index (χ0n) is 17.2. The summed E-state index contributed by atoms with van der Waals surface area (Å²) in [5, 5.41) is 27.1. The molecule has 2 aliphatic heterocycles. The van der Waals surface area contributed by atoms with Gasteiger partial charge in [-0.25, -0.2) is 5.01 Å². The van der Waals surface area contributed by atoms with Crippen LogP contribution >= 0.6 is 0 Å². The number of halogens is 3. The van der Waals surface area contributed by atoms with Crippen LogP contribution in [0.15, 0.2) is 54.7 Å². The SMILES string of the molecule is C=CC(=O)NCC1=NN(c2ccc(OC(F)(F)F)cc2)C(=N)C1C(C=C)N1CC[C@H](O)C1. The topological polar surface area (TPSA) is 101 Å². The Kier molecular flexibility index (Phi) is 6.99. The number of anilines is 1. The van der Waals surface area contributed by atoms with E-state index in [4.69, 9.17) is 5.41 Å². The summed E-state index contributed by atoms with van der Waals surface area (Å²) in [6, 6.07) is 4.64. The summed E-state index contributed by atoms with van der Waals surface area (Å²) in [6.45, 7) is 8.36. The summed E-state index contributed by atoms with van der Waals surface area (Å²) in [7, 11) is 0. The fourth-order valence-electron chi connectivity index (χ4n) is 3.81. The van der Waals surface area contributed by atoms with Crippen LogP contribution in [-0.4, -0.2) is 65.6 Å². The van der Waals surface area contributed by atoms with Gasteiger partial charge in [-0.15, -0.1) is 19.8 Å². The molecule has 1 fully saturated rings. The molecule has 0 radical (unpaired) electrons. The van der Waals surface area contributed by atoms with Crippen LogP contribution in [0.1, 0.15) is 6.42 Å². The molecule has 2 unspecified atom stereocenters. The van der Waals surface area contributed by atoms with Crippen LogP contribution in [0.2, 0.25) is 0 Å². The van der Waals surface area contributed by atoms with E-state index < -0.39 is 24.3 Å². The molecule has 1 aromatic carbocycles. The molecule has 3 N–H and O–H groups in total. The molecular formula is C21H24F3N5O3. The van der Waals surface area contributed by atoms with Crippen LogP contribution in [0, 0.1) is 11.3 Å². The second-order valence-corrected chi connectivity index (χ2v) is 7.39. The summed E-state index contributed by atoms with van der Waals surface area (Å²) in [5.74, 6) is -1.30. The Labute approximate surface area is 183 Å². The lowest BCUT2D eigenvalue weighted by molar-refractivity contribution is -0.274. The largest absolute Gasteiger partial charge is 0.573 e. The van der Waals surface area contributed by atoms with E-state index in [9.17, 15) is 23.1 Å². The number of carbonyl (C=O) groups is 1. The van der Waals surface area contributed by atoms with E-state index in [2.05, 4.69) is 28.3 Å². The van der Waals surface area contributed by atoms with Crippen molar-refractivity contribution in [2.24, 2.45) is 11.0 Å². The molecule has 1 saturated heterocycles. The number of ether oxygens (including phenoxy) is 1. The predicted octanol–water partition coefficient (Wildman–Crippen LogP) is 2.28. The molecule has 172 valence electrons. The Morgan fingerprint density at radius 1 is 1.38 bits per heavy atom. The van der Waals surface area contributed by atoms with Crippen molar-refractivity contribution in [1.29, 1.82) is 5.41 Å². The molecule has 1 aromatic rings. The van der Waals surface area contributed by atoms with Crippen molar-refractivity contribution in [1.82, 2.24) is 10.2 Å². The number of nitrogens with one attached hydrogen (secondary N) is 2. The first kappa shape index (κ1) is 23.5. The van der Waals surface area contributed by atoms with Crippen molar-refractivity contribution in [3.63, 3.8) is 0 Å². The number of hydrogen-bond donors (Lipinski definition) is 3. The Bertz CT molecular complexity index is 916. The van der Waals surface area contributed by atoms with Gasteiger partial charge in [0.1, 0.15) is 11.6 Å². The standard InChI is InChI=1S/C21H24F3N5O3/c1-3-17(28-10-9-14(30)12-28)19-16(11-26-18(31)4-2)27-29(20(19)25)13-5-7-15(8-6-13)32-21(22,23)24/h3-8,14,17,19,25,30H,1-2,9-12H2,(H,26,31)/t14-,17?,19?/m0/s1. The number of hydrazone groups is 1. The summed E-state index contributed by atoms with van der Waals surface area (Å²) >= 11 is 0. The van der Waals surface area contributed by atoms with E-state index in [1.54, 1.807) is 6.08 Å². The first-order chi connectivity index (χ1) is 15.1. The molecule has 32 heavy (non-hydrogen) atoms. The molecule has 2 heterocycles. The van der Waals surface area contributed by atoms with Crippen LogP contribution in [-0.2, 0) is 4.79 Å². The summed E-state index contributed by atoms with van der Waals surface area (Å²) in [5.41, 5.74) is 0.843. The second kappa shape index (κ2) is 9.53. The number of carbonyl (C=O) groups excluding carboxylic acids is 1. The van der Waals surface area contributed by atoms with E-state index in [1.807, 2.05) is 4.90 Å². The molecule has 0 aromatic heterocycles. The number of benzene rings is 1. The number of amidine groups is 1. The molecular weight excluding hydrogens is 427 g/mol. The van der Waals surface area contributed by atoms with Gasteiger partial charge in [0.05, 0.1) is 30.0 Å². The van der Waals surface area contributed by atoms with E-state index in [0.717, 1.165) is 18.2 Å². The molecule has 3 rings (SSSR count). The maximum atomic E-state index is 12.4. The molecule has 8 nitrogen and oxygen atoms in total. The van der Waals surface area contributed by atoms with E-state index in [1.165, 1.54) is 17.1 Å². The van der Waals surface area contributed by atoms with Gasteiger partial charge in [-0.3, -0.25) is 15.1 Å². The smallest absolute Gasteiger partial charge is 0.406 e. The van der Waals surface area contributed by atoms with Crippen LogP contribution in [0.25, 0.3) is 0 Å². The van der Waals surface area contributed by atoms with Crippen molar-refractivity contribution in [3.8, 4) is 5.75 Å². The highest BCUT2D eigenvalue weighted by molar-refractivity contribution is 6.18. The number of rotatable bonds is 8. The maximum Gasteiger partial charge on any atom is 0.573 e. The number of β-amino-alcohol motifs (C(OH)–C–C–N with tert-alkyl or cyclic N) is 1. The van der Waals surface area contributed by atoms with Crippen LogP contribution in [0.4, 0.5) is 18.9 Å². The number of nitrogens with zero attached hydrogens (tertiary/aromatic N) is 3. The quantitative estimate of drug-likeness (QED) is 0.416. The van der Waals surface area contributed by atoms with Gasteiger partial charge in [0.2, 0.25) is 5.91 Å². The number of amides is 1. The minimum Gasteiger partial charge on any atom is -0.406 e. The van der Waals surface area contributed by atoms with Gasteiger partial charge < -0.3 is 15.2 Å². The Morgan fingerprint density at radius 3 is 2.59 bits per heavy atom. The van der Waals surface area contributed by atoms with E-state index in [-0.39, 0.29) is 24.2 Å². The highest BCUT2D eigenvalue weighted by Crippen LogP contribution is 2.32. The Balaban J connectivity index is 1.87. The molecule has 0 saturated carbocycles. The van der Waals surface area contributed by atoms with Gasteiger partial charge in [0.15, 0.2) is 0 Å². The number of aliphatic hydroxyl groups is 1. The number of hydrogen-bond acceptors (Lipinski definition) is 6. The third-order valence-corrected chi connectivity index (χ3v) is 5.25. The van der Waals surface area contributed by atoms with Crippen molar-refractivity contribution in [3.05, 3.63) is 49.6 Å². The van der Waals surface area contributed by atoms with Crippen molar-refractivity contribution < 1.29 is 27.8 Å². The lowest BCUT2D eigenvalue weighted by Crippen LogP contribution is -2.47.